The van der Waals surface area contributed by atoms with E-state index in [1.165, 1.54) is 0 Å². The van der Waals surface area contributed by atoms with Crippen molar-refractivity contribution in [3.05, 3.63) is 35.9 Å². The second-order valence-electron chi connectivity index (χ2n) is 2.75. The van der Waals surface area contributed by atoms with Gasteiger partial charge in [-0.25, -0.2) is 0 Å². The average Bonchev–Trinajstić information content (AvgIpc) is 2.21. The summed E-state index contributed by atoms with van der Waals surface area (Å²) >= 11 is 4.51. The molecule has 0 saturated heterocycles. The number of rotatable bonds is 4. The van der Waals surface area contributed by atoms with Gasteiger partial charge in [-0.1, -0.05) is 24.3 Å². The Hall–Kier alpha value is -1.28. The van der Waals surface area contributed by atoms with Crippen LogP contribution in [0.4, 0.5) is 5.69 Å². The Morgan fingerprint density at radius 1 is 1.43 bits per heavy atom. The number of nitrogens with zero attached hydrogens (tertiary/aromatic N) is 1. The van der Waals surface area contributed by atoms with Gasteiger partial charge in [0.2, 0.25) is 0 Å². The SMILES string of the molecule is CNCC=Cc1ccc(N=C=S)cc1. The first-order valence-electron chi connectivity index (χ1n) is 4.36. The molecule has 1 aromatic carbocycles. The minimum absolute atomic E-state index is 0.839. The summed E-state index contributed by atoms with van der Waals surface area (Å²) in [6.45, 7) is 0.875. The van der Waals surface area contributed by atoms with Crippen molar-refractivity contribution in [2.75, 3.05) is 13.6 Å². The molecule has 0 unspecified atom stereocenters. The number of hydrogen-bond acceptors (Lipinski definition) is 3. The molecule has 0 atom stereocenters. The van der Waals surface area contributed by atoms with E-state index in [2.05, 4.69) is 39.8 Å². The third-order valence-electron chi connectivity index (χ3n) is 1.70. The zero-order chi connectivity index (χ0) is 10.2. The van der Waals surface area contributed by atoms with Crippen LogP contribution in [0.5, 0.6) is 0 Å². The van der Waals surface area contributed by atoms with Gasteiger partial charge < -0.3 is 5.32 Å². The molecule has 0 saturated carbocycles. The molecule has 0 aliphatic carbocycles. The molecule has 1 rings (SSSR count). The van der Waals surface area contributed by atoms with Crippen LogP contribution in [0.3, 0.4) is 0 Å². The summed E-state index contributed by atoms with van der Waals surface area (Å²) in [4.78, 5) is 3.87. The lowest BCUT2D eigenvalue weighted by molar-refractivity contribution is 0.922. The second-order valence-corrected chi connectivity index (χ2v) is 2.94. The zero-order valence-electron chi connectivity index (χ0n) is 8.03. The normalized spacial score (nSPS) is 10.1. The number of nitrogens with one attached hydrogen (secondary N) is 1. The van der Waals surface area contributed by atoms with Gasteiger partial charge in [0.15, 0.2) is 0 Å². The first-order valence-corrected chi connectivity index (χ1v) is 4.76. The largest absolute Gasteiger partial charge is 0.316 e. The molecule has 0 heterocycles. The van der Waals surface area contributed by atoms with Crippen molar-refractivity contribution < 1.29 is 0 Å². The van der Waals surface area contributed by atoms with Crippen molar-refractivity contribution in [3.8, 4) is 0 Å². The Morgan fingerprint density at radius 3 is 2.71 bits per heavy atom. The summed E-state index contributed by atoms with van der Waals surface area (Å²) in [7, 11) is 1.92. The Morgan fingerprint density at radius 2 is 2.14 bits per heavy atom. The van der Waals surface area contributed by atoms with E-state index in [1.54, 1.807) is 0 Å². The summed E-state index contributed by atoms with van der Waals surface area (Å²) in [6, 6.07) is 7.83. The summed E-state index contributed by atoms with van der Waals surface area (Å²) < 4.78 is 0. The van der Waals surface area contributed by atoms with Crippen LogP contribution in [0.15, 0.2) is 35.3 Å². The topological polar surface area (TPSA) is 24.4 Å². The molecule has 14 heavy (non-hydrogen) atoms. The molecule has 2 nitrogen and oxygen atoms in total. The fourth-order valence-corrected chi connectivity index (χ4v) is 1.13. The Balaban J connectivity index is 2.68. The van der Waals surface area contributed by atoms with Crippen LogP contribution >= 0.6 is 12.2 Å². The van der Waals surface area contributed by atoms with Gasteiger partial charge in [0, 0.05) is 6.54 Å². The molecule has 3 heteroatoms. The van der Waals surface area contributed by atoms with E-state index in [9.17, 15) is 0 Å². The van der Waals surface area contributed by atoms with Crippen LogP contribution in [0.2, 0.25) is 0 Å². The molecule has 0 bridgehead atoms. The highest BCUT2D eigenvalue weighted by molar-refractivity contribution is 7.78. The van der Waals surface area contributed by atoms with Gasteiger partial charge in [0.25, 0.3) is 0 Å². The summed E-state index contributed by atoms with van der Waals surface area (Å²) in [5.41, 5.74) is 1.99. The van der Waals surface area contributed by atoms with Gasteiger partial charge in [-0.15, -0.1) is 0 Å². The van der Waals surface area contributed by atoms with Gasteiger partial charge >= 0.3 is 0 Å². The number of benzene rings is 1. The number of thiocarbonyl (C=S) groups is 1. The van der Waals surface area contributed by atoms with Crippen molar-refractivity contribution in [2.24, 2.45) is 4.99 Å². The maximum Gasteiger partial charge on any atom is 0.0739 e. The monoisotopic (exact) mass is 204 g/mol. The molecule has 0 aromatic heterocycles. The van der Waals surface area contributed by atoms with Crippen LogP contribution in [-0.2, 0) is 0 Å². The van der Waals surface area contributed by atoms with Crippen molar-refractivity contribution in [3.63, 3.8) is 0 Å². The molecule has 0 amide bonds. The van der Waals surface area contributed by atoms with Gasteiger partial charge in [-0.05, 0) is 37.0 Å². The van der Waals surface area contributed by atoms with Crippen molar-refractivity contribution in [1.29, 1.82) is 0 Å². The molecule has 0 fully saturated rings. The molecule has 0 aliphatic rings. The Bertz CT molecular complexity index is 348. The molecule has 0 aliphatic heterocycles. The summed E-state index contributed by atoms with van der Waals surface area (Å²) in [5, 5.41) is 5.38. The maximum absolute atomic E-state index is 4.51. The van der Waals surface area contributed by atoms with Crippen molar-refractivity contribution in [1.82, 2.24) is 5.32 Å². The first-order chi connectivity index (χ1) is 6.86. The standard InChI is InChI=1S/C11H12N2S/c1-12-8-2-3-10-4-6-11(7-5-10)13-9-14/h2-7,12H,8H2,1H3. The summed E-state index contributed by atoms with van der Waals surface area (Å²) in [6.07, 6.45) is 4.12. The van der Waals surface area contributed by atoms with E-state index in [4.69, 9.17) is 0 Å². The Labute approximate surface area is 89.4 Å². The second kappa shape index (κ2) is 6.22. The van der Waals surface area contributed by atoms with Crippen LogP contribution in [0.25, 0.3) is 6.08 Å². The quantitative estimate of drug-likeness (QED) is 0.602. The fourth-order valence-electron chi connectivity index (χ4n) is 1.03. The molecular formula is C11H12N2S. The van der Waals surface area contributed by atoms with Crippen molar-refractivity contribution >= 4 is 29.1 Å². The number of hydrogen-bond donors (Lipinski definition) is 1. The third-order valence-corrected chi connectivity index (χ3v) is 1.79. The highest BCUT2D eigenvalue weighted by Crippen LogP contribution is 2.12. The lowest BCUT2D eigenvalue weighted by Crippen LogP contribution is -2.03. The van der Waals surface area contributed by atoms with Gasteiger partial charge in [-0.2, -0.15) is 4.99 Å². The highest BCUT2D eigenvalue weighted by Gasteiger charge is 1.87. The minimum Gasteiger partial charge on any atom is -0.316 e. The zero-order valence-corrected chi connectivity index (χ0v) is 8.84. The van der Waals surface area contributed by atoms with E-state index >= 15 is 0 Å². The molecule has 1 N–H and O–H groups in total. The van der Waals surface area contributed by atoms with E-state index in [0.717, 1.165) is 17.8 Å². The van der Waals surface area contributed by atoms with Crippen LogP contribution in [0.1, 0.15) is 5.56 Å². The average molecular weight is 204 g/mol. The molecule has 0 spiro atoms. The van der Waals surface area contributed by atoms with E-state index in [-0.39, 0.29) is 0 Å². The lowest BCUT2D eigenvalue weighted by atomic mass is 10.2. The van der Waals surface area contributed by atoms with E-state index < -0.39 is 0 Å². The highest BCUT2D eigenvalue weighted by atomic mass is 32.1. The van der Waals surface area contributed by atoms with Gasteiger partial charge in [-0.3, -0.25) is 0 Å². The van der Waals surface area contributed by atoms with Gasteiger partial charge in [0.1, 0.15) is 0 Å². The molecular weight excluding hydrogens is 192 g/mol. The predicted octanol–water partition coefficient (Wildman–Crippen LogP) is 2.65. The van der Waals surface area contributed by atoms with Crippen LogP contribution in [0, 0.1) is 0 Å². The van der Waals surface area contributed by atoms with Crippen LogP contribution in [-0.4, -0.2) is 18.8 Å². The number of aliphatic imine (C=N–C) groups is 1. The maximum atomic E-state index is 4.51. The van der Waals surface area contributed by atoms with Gasteiger partial charge in [0.05, 0.1) is 10.8 Å². The molecule has 0 radical (unpaired) electrons. The smallest absolute Gasteiger partial charge is 0.0739 e. The predicted molar refractivity (Wildman–Crippen MR) is 64.1 cm³/mol. The first kappa shape index (κ1) is 10.8. The lowest BCUT2D eigenvalue weighted by Gasteiger charge is -1.94. The van der Waals surface area contributed by atoms with Crippen molar-refractivity contribution in [2.45, 2.75) is 0 Å². The Kier molecular flexibility index (Phi) is 4.79. The molecule has 1 aromatic rings. The summed E-state index contributed by atoms with van der Waals surface area (Å²) in [5.74, 6) is 0. The van der Waals surface area contributed by atoms with E-state index in [0.29, 0.717) is 0 Å². The molecule has 72 valence electrons. The van der Waals surface area contributed by atoms with E-state index in [1.807, 2.05) is 31.3 Å². The number of isothiocyanates is 1. The number of likely N-dealkylation sites (N-methyl/N-ethyl adjacent to an activating group) is 1. The minimum atomic E-state index is 0.839. The van der Waals surface area contributed by atoms with Crippen LogP contribution < -0.4 is 5.32 Å². The third kappa shape index (κ3) is 3.62. The fraction of sp³-hybridized carbons (Fsp3) is 0.182.